The van der Waals surface area contributed by atoms with Crippen LogP contribution >= 0.6 is 22.6 Å². The first-order chi connectivity index (χ1) is 8.02. The van der Waals surface area contributed by atoms with E-state index < -0.39 is 0 Å². The van der Waals surface area contributed by atoms with Crippen molar-refractivity contribution in [3.8, 4) is 0 Å². The van der Waals surface area contributed by atoms with Crippen LogP contribution < -0.4 is 5.73 Å². The second kappa shape index (κ2) is 5.76. The van der Waals surface area contributed by atoms with Crippen LogP contribution in [0.4, 0.5) is 5.69 Å². The lowest BCUT2D eigenvalue weighted by molar-refractivity contribution is 0.873. The van der Waals surface area contributed by atoms with Gasteiger partial charge in [0.15, 0.2) is 0 Å². The highest BCUT2D eigenvalue weighted by atomic mass is 127. The molecule has 0 spiro atoms. The van der Waals surface area contributed by atoms with Crippen molar-refractivity contribution >= 4 is 39.2 Å². The highest BCUT2D eigenvalue weighted by Crippen LogP contribution is 2.32. The van der Waals surface area contributed by atoms with E-state index in [9.17, 15) is 0 Å². The third-order valence-electron chi connectivity index (χ3n) is 3.14. The topological polar surface area (TPSA) is 41.8 Å². The van der Waals surface area contributed by atoms with Crippen molar-refractivity contribution in [1.82, 2.24) is 4.98 Å². The maximum atomic E-state index is 6.02. The van der Waals surface area contributed by atoms with Crippen LogP contribution in [0.25, 0.3) is 10.9 Å². The van der Waals surface area contributed by atoms with Gasteiger partial charge in [0.05, 0.1) is 5.52 Å². The van der Waals surface area contributed by atoms with Crippen molar-refractivity contribution in [2.45, 2.75) is 33.6 Å². The number of aromatic nitrogens is 1. The average molecular weight is 344 g/mol. The van der Waals surface area contributed by atoms with Gasteiger partial charge in [-0.2, -0.15) is 0 Å². The SMILES string of the molecule is CI.Cc1[nH]c2c(C(C)C)ccc(N)c2c1C. The number of rotatable bonds is 1. The van der Waals surface area contributed by atoms with E-state index in [4.69, 9.17) is 5.73 Å². The summed E-state index contributed by atoms with van der Waals surface area (Å²) in [6, 6.07) is 4.13. The summed E-state index contributed by atoms with van der Waals surface area (Å²) in [4.78, 5) is 5.41. The molecule has 0 aliphatic rings. The van der Waals surface area contributed by atoms with Crippen molar-refractivity contribution in [3.63, 3.8) is 0 Å². The molecule has 2 rings (SSSR count). The fourth-order valence-corrected chi connectivity index (χ4v) is 2.12. The number of hydrogen-bond donors (Lipinski definition) is 2. The van der Waals surface area contributed by atoms with Crippen LogP contribution in [0, 0.1) is 13.8 Å². The Bertz CT molecular complexity index is 512. The molecule has 2 aromatic rings. The first-order valence-corrected chi connectivity index (χ1v) is 7.93. The van der Waals surface area contributed by atoms with Crippen molar-refractivity contribution in [1.29, 1.82) is 0 Å². The minimum atomic E-state index is 0.519. The molecule has 0 amide bonds. The number of nitrogen functional groups attached to an aromatic ring is 1. The lowest BCUT2D eigenvalue weighted by Crippen LogP contribution is -1.93. The number of nitrogens with one attached hydrogen (secondary N) is 1. The van der Waals surface area contributed by atoms with Crippen molar-refractivity contribution in [3.05, 3.63) is 29.0 Å². The summed E-state index contributed by atoms with van der Waals surface area (Å²) < 4.78 is 0. The maximum Gasteiger partial charge on any atom is 0.0514 e. The van der Waals surface area contributed by atoms with E-state index >= 15 is 0 Å². The second-order valence-electron chi connectivity index (χ2n) is 4.52. The van der Waals surface area contributed by atoms with Gasteiger partial charge in [0.2, 0.25) is 0 Å². The lowest BCUT2D eigenvalue weighted by atomic mass is 9.98. The molecule has 94 valence electrons. The first kappa shape index (κ1) is 14.4. The summed E-state index contributed by atoms with van der Waals surface area (Å²) in [6.07, 6.45) is 0. The second-order valence-corrected chi connectivity index (χ2v) is 4.52. The van der Waals surface area contributed by atoms with Gasteiger partial charge < -0.3 is 10.7 Å². The predicted molar refractivity (Wildman–Crippen MR) is 86.2 cm³/mol. The van der Waals surface area contributed by atoms with E-state index in [1.165, 1.54) is 27.7 Å². The van der Waals surface area contributed by atoms with Crippen LogP contribution in [0.3, 0.4) is 0 Å². The largest absolute Gasteiger partial charge is 0.398 e. The Morgan fingerprint density at radius 2 is 1.76 bits per heavy atom. The van der Waals surface area contributed by atoms with Crippen molar-refractivity contribution in [2.24, 2.45) is 0 Å². The number of H-pyrrole nitrogens is 1. The van der Waals surface area contributed by atoms with Crippen LogP contribution in [0.1, 0.15) is 36.6 Å². The number of anilines is 1. The van der Waals surface area contributed by atoms with Crippen LogP contribution in [-0.2, 0) is 0 Å². The molecule has 17 heavy (non-hydrogen) atoms. The van der Waals surface area contributed by atoms with E-state index in [2.05, 4.69) is 61.3 Å². The minimum Gasteiger partial charge on any atom is -0.398 e. The molecule has 0 unspecified atom stereocenters. The number of hydrogen-bond acceptors (Lipinski definition) is 1. The predicted octanol–water partition coefficient (Wildman–Crippen LogP) is 4.54. The normalized spacial score (nSPS) is 10.5. The minimum absolute atomic E-state index is 0.519. The van der Waals surface area contributed by atoms with Crippen molar-refractivity contribution < 1.29 is 0 Å². The number of fused-ring (bicyclic) bond motifs is 1. The number of alkyl halides is 1. The molecule has 2 nitrogen and oxygen atoms in total. The Hall–Kier alpha value is -0.710. The molecule has 0 aliphatic carbocycles. The standard InChI is InChI=1S/C13H18N2.CH3I/c1-7(2)10-5-6-11(14)12-8(3)9(4)15-13(10)12;1-2/h5-7,15H,14H2,1-4H3;1H3. The third kappa shape index (κ3) is 2.59. The molecule has 0 atom stereocenters. The van der Waals surface area contributed by atoms with Crippen LogP contribution in [0.15, 0.2) is 12.1 Å². The fraction of sp³-hybridized carbons (Fsp3) is 0.429. The molecule has 1 heterocycles. The summed E-state index contributed by atoms with van der Waals surface area (Å²) in [5.41, 5.74) is 11.9. The Balaban J connectivity index is 0.000000686. The highest BCUT2D eigenvalue weighted by molar-refractivity contribution is 14.1. The zero-order chi connectivity index (χ0) is 13.2. The monoisotopic (exact) mass is 344 g/mol. The van der Waals surface area contributed by atoms with E-state index in [1.807, 2.05) is 11.0 Å². The summed E-state index contributed by atoms with van der Waals surface area (Å²) in [7, 11) is 0. The van der Waals surface area contributed by atoms with Gasteiger partial charge in [-0.1, -0.05) is 42.5 Å². The Kier molecular flexibility index (Phi) is 4.86. The smallest absolute Gasteiger partial charge is 0.0514 e. The van der Waals surface area contributed by atoms with Gasteiger partial charge in [-0.25, -0.2) is 0 Å². The number of aryl methyl sites for hydroxylation is 2. The summed E-state index contributed by atoms with van der Waals surface area (Å²) in [6.45, 7) is 8.63. The van der Waals surface area contributed by atoms with Gasteiger partial charge in [0, 0.05) is 16.8 Å². The summed E-state index contributed by atoms with van der Waals surface area (Å²) in [5, 5.41) is 1.19. The van der Waals surface area contributed by atoms with Gasteiger partial charge in [-0.3, -0.25) is 0 Å². The van der Waals surface area contributed by atoms with Crippen LogP contribution in [-0.4, -0.2) is 9.91 Å². The molecule has 0 bridgehead atoms. The van der Waals surface area contributed by atoms with Gasteiger partial charge in [-0.15, -0.1) is 0 Å². The molecule has 0 radical (unpaired) electrons. The molecule has 0 fully saturated rings. The number of aromatic amines is 1. The van der Waals surface area contributed by atoms with Crippen LogP contribution in [0.2, 0.25) is 0 Å². The van der Waals surface area contributed by atoms with E-state index in [0.29, 0.717) is 5.92 Å². The third-order valence-corrected chi connectivity index (χ3v) is 3.14. The van der Waals surface area contributed by atoms with Gasteiger partial charge in [0.25, 0.3) is 0 Å². The maximum absolute atomic E-state index is 6.02. The summed E-state index contributed by atoms with van der Waals surface area (Å²) in [5.74, 6) is 0.519. The molecular weight excluding hydrogens is 323 g/mol. The number of nitrogens with two attached hydrogens (primary N) is 1. The highest BCUT2D eigenvalue weighted by Gasteiger charge is 2.12. The molecule has 0 saturated carbocycles. The van der Waals surface area contributed by atoms with Gasteiger partial charge in [0.1, 0.15) is 0 Å². The number of halogens is 1. The first-order valence-electron chi connectivity index (χ1n) is 5.77. The fourth-order valence-electron chi connectivity index (χ4n) is 2.12. The Morgan fingerprint density at radius 3 is 2.29 bits per heavy atom. The van der Waals surface area contributed by atoms with E-state index in [1.54, 1.807) is 0 Å². The molecular formula is C14H21IN2. The number of benzene rings is 1. The zero-order valence-corrected chi connectivity index (χ0v) is 13.3. The Labute approximate surface area is 117 Å². The molecule has 3 heteroatoms. The summed E-state index contributed by atoms with van der Waals surface area (Å²) >= 11 is 2.15. The molecule has 0 saturated heterocycles. The molecule has 0 aliphatic heterocycles. The molecule has 3 N–H and O–H groups in total. The van der Waals surface area contributed by atoms with Crippen LogP contribution in [0.5, 0.6) is 0 Å². The van der Waals surface area contributed by atoms with E-state index in [-0.39, 0.29) is 0 Å². The van der Waals surface area contributed by atoms with Gasteiger partial charge in [-0.05, 0) is 41.9 Å². The lowest BCUT2D eigenvalue weighted by Gasteiger charge is -2.08. The average Bonchev–Trinajstić information content (AvgIpc) is 2.59. The van der Waals surface area contributed by atoms with E-state index in [0.717, 1.165) is 5.69 Å². The quantitative estimate of drug-likeness (QED) is 0.445. The van der Waals surface area contributed by atoms with Gasteiger partial charge >= 0.3 is 0 Å². The molecule has 1 aromatic heterocycles. The molecule has 1 aromatic carbocycles. The Morgan fingerprint density at radius 1 is 1.18 bits per heavy atom. The van der Waals surface area contributed by atoms with Crippen molar-refractivity contribution in [2.75, 3.05) is 10.7 Å². The zero-order valence-electron chi connectivity index (χ0n) is 11.2.